The van der Waals surface area contributed by atoms with E-state index in [0.29, 0.717) is 0 Å². The molecule has 0 aliphatic heterocycles. The molecular formula is C6H14O12P2. The molecule has 0 aliphatic rings. The van der Waals surface area contributed by atoms with Crippen LogP contribution in [0.15, 0.2) is 0 Å². The Bertz CT molecular complexity index is 410. The molecule has 0 rings (SSSR count). The Kier molecular flexibility index (Phi) is 7.42. The van der Waals surface area contributed by atoms with Crippen molar-refractivity contribution in [1.82, 2.24) is 0 Å². The lowest BCUT2D eigenvalue weighted by Crippen LogP contribution is -2.42. The lowest BCUT2D eigenvalue weighted by Gasteiger charge is -2.23. The Morgan fingerprint density at radius 3 is 1.70 bits per heavy atom. The second-order valence-electron chi connectivity index (χ2n) is 3.58. The van der Waals surface area contributed by atoms with E-state index in [0.717, 1.165) is 0 Å². The van der Waals surface area contributed by atoms with Crippen molar-refractivity contribution in [3.63, 3.8) is 0 Å². The van der Waals surface area contributed by atoms with Gasteiger partial charge in [0.2, 0.25) is 0 Å². The molecule has 120 valence electrons. The summed E-state index contributed by atoms with van der Waals surface area (Å²) in [4.78, 5) is 44.3. The van der Waals surface area contributed by atoms with Gasteiger partial charge in [-0.3, -0.25) is 13.8 Å². The van der Waals surface area contributed by atoms with Gasteiger partial charge in [-0.2, -0.15) is 0 Å². The zero-order chi connectivity index (χ0) is 16.1. The Balaban J connectivity index is 4.63. The number of rotatable bonds is 9. The van der Waals surface area contributed by atoms with Gasteiger partial charge in [-0.05, 0) is 0 Å². The maximum absolute atomic E-state index is 10.8. The van der Waals surface area contributed by atoms with E-state index in [1.807, 2.05) is 0 Å². The van der Waals surface area contributed by atoms with Gasteiger partial charge in [0.25, 0.3) is 0 Å². The molecule has 0 amide bonds. The van der Waals surface area contributed by atoms with Crippen molar-refractivity contribution in [3.8, 4) is 0 Å². The fraction of sp³-hybridized carbons (Fsp3) is 0.833. The van der Waals surface area contributed by atoms with E-state index in [9.17, 15) is 24.1 Å². The highest BCUT2D eigenvalue weighted by Crippen LogP contribution is 2.37. The van der Waals surface area contributed by atoms with Gasteiger partial charge in [0, 0.05) is 0 Å². The van der Waals surface area contributed by atoms with Crippen LogP contribution in [0.2, 0.25) is 0 Å². The van der Waals surface area contributed by atoms with Gasteiger partial charge in [0.1, 0.15) is 12.0 Å². The summed E-state index contributed by atoms with van der Waals surface area (Å²) < 4.78 is 28.5. The van der Waals surface area contributed by atoms with Crippen molar-refractivity contribution in [2.45, 2.75) is 12.2 Å². The van der Waals surface area contributed by atoms with Gasteiger partial charge in [-0.1, -0.05) is 0 Å². The highest BCUT2D eigenvalue weighted by Gasteiger charge is 2.35. The maximum Gasteiger partial charge on any atom is 0.469 e. The van der Waals surface area contributed by atoms with Crippen LogP contribution in [0.3, 0.4) is 0 Å². The Morgan fingerprint density at radius 2 is 1.35 bits per heavy atom. The van der Waals surface area contributed by atoms with Crippen molar-refractivity contribution in [1.29, 1.82) is 0 Å². The van der Waals surface area contributed by atoms with Gasteiger partial charge >= 0.3 is 21.6 Å². The summed E-state index contributed by atoms with van der Waals surface area (Å²) in [5.74, 6) is -3.70. The van der Waals surface area contributed by atoms with Gasteiger partial charge in [0.15, 0.2) is 0 Å². The molecule has 0 heterocycles. The van der Waals surface area contributed by atoms with Crippen molar-refractivity contribution in [2.24, 2.45) is 5.92 Å². The van der Waals surface area contributed by atoms with E-state index in [4.69, 9.17) is 24.7 Å². The lowest BCUT2D eigenvalue weighted by molar-refractivity contribution is -0.152. The molecule has 0 saturated heterocycles. The Hall–Kier alpha value is -0.390. The molecule has 14 heteroatoms. The molecule has 3 atom stereocenters. The Morgan fingerprint density at radius 1 is 0.950 bits per heavy atom. The summed E-state index contributed by atoms with van der Waals surface area (Å²) in [6, 6.07) is 0. The number of carbonyl (C=O) groups is 1. The first kappa shape index (κ1) is 19.6. The third-order valence-electron chi connectivity index (χ3n) is 1.96. The fourth-order valence-corrected chi connectivity index (χ4v) is 1.74. The zero-order valence-corrected chi connectivity index (χ0v) is 11.5. The number of phosphoric acid groups is 2. The van der Waals surface area contributed by atoms with Crippen LogP contribution in [-0.2, 0) is 23.0 Å². The Labute approximate surface area is 112 Å². The number of carboxylic acid groups (broad SMARTS) is 1. The highest BCUT2D eigenvalue weighted by molar-refractivity contribution is 7.46. The largest absolute Gasteiger partial charge is 0.481 e. The third-order valence-corrected chi connectivity index (χ3v) is 2.93. The van der Waals surface area contributed by atoms with Crippen LogP contribution in [0.25, 0.3) is 0 Å². The smallest absolute Gasteiger partial charge is 0.469 e. The first-order valence-corrected chi connectivity index (χ1v) is 7.88. The normalized spacial score (nSPS) is 17.5. The summed E-state index contributed by atoms with van der Waals surface area (Å²) >= 11 is 0. The van der Waals surface area contributed by atoms with E-state index >= 15 is 0 Å². The minimum Gasteiger partial charge on any atom is -0.481 e. The number of hydrogen-bond acceptors (Lipinski definition) is 7. The molecule has 7 N–H and O–H groups in total. The number of aliphatic hydroxyl groups excluding tert-OH is 2. The van der Waals surface area contributed by atoms with Crippen LogP contribution in [0.4, 0.5) is 0 Å². The summed E-state index contributed by atoms with van der Waals surface area (Å²) in [5.41, 5.74) is 0. The van der Waals surface area contributed by atoms with Crippen molar-refractivity contribution in [3.05, 3.63) is 0 Å². The molecule has 20 heavy (non-hydrogen) atoms. The third kappa shape index (κ3) is 8.72. The summed E-state index contributed by atoms with van der Waals surface area (Å²) in [7, 11) is -9.91. The van der Waals surface area contributed by atoms with Gasteiger partial charge in [0.05, 0.1) is 19.3 Å². The van der Waals surface area contributed by atoms with E-state index < -0.39 is 53.0 Å². The van der Waals surface area contributed by atoms with E-state index in [-0.39, 0.29) is 0 Å². The molecule has 0 aromatic rings. The molecule has 0 saturated carbocycles. The molecule has 0 radical (unpaired) electrons. The van der Waals surface area contributed by atoms with E-state index in [1.54, 1.807) is 0 Å². The molecule has 0 fully saturated rings. The minimum absolute atomic E-state index is 1.09. The van der Waals surface area contributed by atoms with Crippen molar-refractivity contribution < 1.29 is 57.9 Å². The first-order valence-electron chi connectivity index (χ1n) is 4.82. The van der Waals surface area contributed by atoms with Crippen LogP contribution in [0, 0.1) is 5.92 Å². The van der Waals surface area contributed by atoms with Crippen LogP contribution >= 0.6 is 15.6 Å². The molecular weight excluding hydrogens is 326 g/mol. The quantitative estimate of drug-likeness (QED) is 0.219. The molecule has 12 nitrogen and oxygen atoms in total. The van der Waals surface area contributed by atoms with Crippen LogP contribution in [0.1, 0.15) is 0 Å². The predicted molar refractivity (Wildman–Crippen MR) is 59.1 cm³/mol. The number of aliphatic hydroxyl groups is 2. The average molecular weight is 340 g/mol. The monoisotopic (exact) mass is 340 g/mol. The SMILES string of the molecule is O=C(O)C(COP(=O)(O)O)[C@H](O)[C@H](O)COP(=O)(O)O. The van der Waals surface area contributed by atoms with Crippen molar-refractivity contribution in [2.75, 3.05) is 13.2 Å². The number of hydrogen-bond donors (Lipinski definition) is 7. The number of carboxylic acids is 1. The summed E-state index contributed by atoms with van der Waals surface area (Å²) in [5, 5.41) is 27.5. The second-order valence-corrected chi connectivity index (χ2v) is 6.05. The summed E-state index contributed by atoms with van der Waals surface area (Å²) in [6.45, 7) is -2.22. The topological polar surface area (TPSA) is 211 Å². The van der Waals surface area contributed by atoms with Crippen molar-refractivity contribution >= 4 is 21.6 Å². The molecule has 0 aromatic heterocycles. The van der Waals surface area contributed by atoms with Gasteiger partial charge in [-0.25, -0.2) is 9.13 Å². The van der Waals surface area contributed by atoms with Gasteiger partial charge < -0.3 is 34.9 Å². The maximum atomic E-state index is 10.8. The van der Waals surface area contributed by atoms with E-state index in [1.165, 1.54) is 0 Å². The lowest BCUT2D eigenvalue weighted by atomic mass is 9.99. The minimum atomic E-state index is -4.98. The molecule has 0 aliphatic carbocycles. The average Bonchev–Trinajstić information content (AvgIpc) is 2.22. The molecule has 0 aromatic carbocycles. The summed E-state index contributed by atoms with van der Waals surface area (Å²) in [6.07, 6.45) is -4.16. The zero-order valence-electron chi connectivity index (χ0n) is 9.71. The molecule has 0 bridgehead atoms. The first-order chi connectivity index (χ1) is 8.83. The van der Waals surface area contributed by atoms with Crippen LogP contribution < -0.4 is 0 Å². The number of aliphatic carboxylic acids is 1. The second kappa shape index (κ2) is 7.57. The molecule has 0 spiro atoms. The van der Waals surface area contributed by atoms with Crippen LogP contribution in [0.5, 0.6) is 0 Å². The standard InChI is InChI=1S/C6H14O12P2/c7-4(2-18-20(14,15)16)5(8)3(6(9)10)1-17-19(11,12)13/h3-5,7-8H,1-2H2,(H,9,10)(H2,11,12,13)(H2,14,15,16)/t3?,4-,5+/m1/s1. The van der Waals surface area contributed by atoms with Crippen LogP contribution in [-0.4, -0.2) is 66.3 Å². The van der Waals surface area contributed by atoms with Gasteiger partial charge in [-0.15, -0.1) is 0 Å². The highest BCUT2D eigenvalue weighted by atomic mass is 31.2. The predicted octanol–water partition coefficient (Wildman–Crippen LogP) is -2.37. The number of phosphoric ester groups is 2. The van der Waals surface area contributed by atoms with E-state index in [2.05, 4.69) is 9.05 Å². The fourth-order valence-electron chi connectivity index (χ4n) is 1.03. The molecule has 1 unspecified atom stereocenters.